The second kappa shape index (κ2) is 75.3. The molecule has 0 aromatic rings. The number of aliphatic hydroxyl groups excluding tert-OH is 2. The molecule has 1 rings (SSSR count). The molecule has 20 heteroatoms. The molecule has 0 aromatic heterocycles. The number of carbonyl (C=O) groups excluding carboxylic acids is 6. The minimum Gasteiger partial charge on any atom is -0.462 e. The number of carbonyl (C=O) groups is 6. The SMILES string of the molecule is CCCCCCCCCCCCCC(=O)O[C@H](CCCCCCCCCCC)CC(=O)NCCC1(NC(=O)C[C@@H](CCCCCCCCCCC)OC(=O)CCCCCCCCCCCCC)[C@H](O)O[C@H](CO)[C@@H](OP(=O)(O)O)[C@@H]1OC(=O)C[C@@H](CCCCCCCCCCC)OC(=O)CCCCCCCCCCCCC. The number of nitrogens with one attached hydrogen (secondary N) is 2. The third kappa shape index (κ3) is 61.2. The van der Waals surface area contributed by atoms with Crippen molar-refractivity contribution in [1.82, 2.24) is 10.6 Å². The Morgan fingerprint density at radius 2 is 0.625 bits per heavy atom. The maximum Gasteiger partial charge on any atom is 0.470 e. The van der Waals surface area contributed by atoms with Crippen LogP contribution >= 0.6 is 7.82 Å². The molecule has 0 aliphatic carbocycles. The highest BCUT2D eigenvalue weighted by atomic mass is 31.2. The van der Waals surface area contributed by atoms with Crippen LogP contribution < -0.4 is 10.6 Å². The Labute approximate surface area is 684 Å². The van der Waals surface area contributed by atoms with E-state index in [-0.39, 0.29) is 38.2 Å². The number of aliphatic hydroxyl groups is 2. The van der Waals surface area contributed by atoms with Gasteiger partial charge in [0.25, 0.3) is 0 Å². The Kier molecular flexibility index (Phi) is 71.8. The molecular formula is C92H175N2O17P. The third-order valence-electron chi connectivity index (χ3n) is 22.8. The number of unbranched alkanes of at least 4 members (excludes halogenated alkanes) is 54. The first-order valence-corrected chi connectivity index (χ1v) is 49.0. The zero-order chi connectivity index (χ0) is 82.1. The number of esters is 4. The highest BCUT2D eigenvalue weighted by Crippen LogP contribution is 2.45. The molecule has 1 heterocycles. The smallest absolute Gasteiger partial charge is 0.462 e. The van der Waals surface area contributed by atoms with Gasteiger partial charge >= 0.3 is 31.7 Å². The summed E-state index contributed by atoms with van der Waals surface area (Å²) in [5.41, 5.74) is -2.40. The molecule has 0 saturated carbocycles. The fraction of sp³-hybridized carbons (Fsp3) is 0.935. The summed E-state index contributed by atoms with van der Waals surface area (Å²) in [6.45, 7) is 11.9. The van der Waals surface area contributed by atoms with Gasteiger partial charge in [0.15, 0.2) is 12.4 Å². The molecule has 2 amide bonds. The molecule has 6 N–H and O–H groups in total. The molecular weight excluding hydrogens is 1440 g/mol. The summed E-state index contributed by atoms with van der Waals surface area (Å²) in [6.07, 6.45) is 54.0. The fourth-order valence-electron chi connectivity index (χ4n) is 15.8. The van der Waals surface area contributed by atoms with Gasteiger partial charge in [0.05, 0.1) is 25.9 Å². The van der Waals surface area contributed by atoms with E-state index in [1.54, 1.807) is 0 Å². The third-order valence-corrected chi connectivity index (χ3v) is 23.3. The molecule has 112 heavy (non-hydrogen) atoms. The summed E-state index contributed by atoms with van der Waals surface area (Å²) in [4.78, 5) is 107. The van der Waals surface area contributed by atoms with Crippen LogP contribution in [0.2, 0.25) is 0 Å². The molecule has 0 spiro atoms. The van der Waals surface area contributed by atoms with Crippen LogP contribution in [0.3, 0.4) is 0 Å². The summed E-state index contributed by atoms with van der Waals surface area (Å²) in [6, 6.07) is 0. The van der Waals surface area contributed by atoms with Crippen LogP contribution in [-0.2, 0) is 61.5 Å². The van der Waals surface area contributed by atoms with E-state index in [2.05, 4.69) is 52.2 Å². The number of hydrogen-bond donors (Lipinski definition) is 6. The number of hydrogen-bond acceptors (Lipinski definition) is 15. The molecule has 660 valence electrons. The lowest BCUT2D eigenvalue weighted by Gasteiger charge is -2.51. The molecule has 1 saturated heterocycles. The lowest BCUT2D eigenvalue weighted by Crippen LogP contribution is -2.75. The van der Waals surface area contributed by atoms with E-state index in [0.717, 1.165) is 180 Å². The summed E-state index contributed by atoms with van der Waals surface area (Å²) < 4.78 is 49.5. The normalized spacial score (nSPS) is 17.3. The van der Waals surface area contributed by atoms with E-state index in [9.17, 15) is 43.7 Å². The quantitative estimate of drug-likeness (QED) is 0.0143. The molecule has 1 aliphatic rings. The Hall–Kier alpha value is -3.19. The molecule has 0 aromatic carbocycles. The lowest BCUT2D eigenvalue weighted by molar-refractivity contribution is -0.285. The molecule has 0 bridgehead atoms. The molecule has 1 unspecified atom stereocenters. The molecule has 8 atom stereocenters. The van der Waals surface area contributed by atoms with Crippen molar-refractivity contribution < 1.29 is 81.5 Å². The molecule has 19 nitrogen and oxygen atoms in total. The number of phosphoric acid groups is 1. The van der Waals surface area contributed by atoms with Crippen molar-refractivity contribution in [2.24, 2.45) is 0 Å². The van der Waals surface area contributed by atoms with Gasteiger partial charge in [-0.25, -0.2) is 4.57 Å². The van der Waals surface area contributed by atoms with Crippen molar-refractivity contribution in [1.29, 1.82) is 0 Å². The van der Waals surface area contributed by atoms with E-state index in [0.29, 0.717) is 51.4 Å². The maximum absolute atomic E-state index is 15.2. The standard InChI is InChI=1S/C92H175N2O17P/c1-7-13-19-25-31-37-40-46-52-58-64-70-85(98)106-79(67-61-55-49-43-34-28-22-16-10-4)75-83(96)93-74-73-92(94-84(97)76-80(68-62-56-50-44-35-29-23-17-11-5)107-86(99)71-65-59-53-47-41-38-32-26-20-14-8-2)90(89(111-112(103,104)105)82(78-95)109-91(92)102)110-88(101)77-81(69-63-57-51-45-36-30-24-18-12-6)108-87(100)72-66-60-54-48-42-39-33-27-21-15-9-3/h79-82,89-91,95,102H,7-78H2,1-6H3,(H,93,96)(H,94,97)(H2,103,104,105)/t79-,80-,81-,82-,89-,90+,91-,92?/m1/s1. The van der Waals surface area contributed by atoms with Gasteiger partial charge < -0.3 is 54.3 Å². The second-order valence-corrected chi connectivity index (χ2v) is 34.7. The largest absolute Gasteiger partial charge is 0.470 e. The monoisotopic (exact) mass is 1610 g/mol. The first-order chi connectivity index (χ1) is 54.4. The molecule has 0 radical (unpaired) electrons. The highest BCUT2D eigenvalue weighted by molar-refractivity contribution is 7.46. The van der Waals surface area contributed by atoms with Gasteiger partial charge in [0.1, 0.15) is 36.1 Å². The first kappa shape index (κ1) is 107. The van der Waals surface area contributed by atoms with E-state index in [1.807, 2.05) is 0 Å². The summed E-state index contributed by atoms with van der Waals surface area (Å²) >= 11 is 0. The van der Waals surface area contributed by atoms with Gasteiger partial charge in [-0.15, -0.1) is 0 Å². The Morgan fingerprint density at radius 3 is 0.902 bits per heavy atom. The molecule has 1 aliphatic heterocycles. The summed E-state index contributed by atoms with van der Waals surface area (Å²) in [7, 11) is -5.60. The van der Waals surface area contributed by atoms with Crippen molar-refractivity contribution in [2.75, 3.05) is 13.2 Å². The molecule has 1 fully saturated rings. The Morgan fingerprint density at radius 1 is 0.366 bits per heavy atom. The number of amides is 2. The van der Waals surface area contributed by atoms with E-state index >= 15 is 9.59 Å². The predicted octanol–water partition coefficient (Wildman–Crippen LogP) is 24.2. The van der Waals surface area contributed by atoms with Crippen LogP contribution in [0.1, 0.15) is 491 Å². The van der Waals surface area contributed by atoms with Gasteiger partial charge in [-0.05, 0) is 64.2 Å². The lowest BCUT2D eigenvalue weighted by atomic mass is 9.79. The average Bonchev–Trinajstić information content (AvgIpc) is 0.745. The number of rotatable bonds is 83. The van der Waals surface area contributed by atoms with Gasteiger partial charge in [-0.2, -0.15) is 0 Å². The summed E-state index contributed by atoms with van der Waals surface area (Å²) in [5.74, 6) is -3.66. The predicted molar refractivity (Wildman–Crippen MR) is 456 cm³/mol. The highest BCUT2D eigenvalue weighted by Gasteiger charge is 2.60. The van der Waals surface area contributed by atoms with Crippen molar-refractivity contribution >= 4 is 43.5 Å². The van der Waals surface area contributed by atoms with Crippen LogP contribution in [0.4, 0.5) is 0 Å². The first-order valence-electron chi connectivity index (χ1n) is 47.5. The zero-order valence-electron chi connectivity index (χ0n) is 73.0. The fourth-order valence-corrected chi connectivity index (χ4v) is 16.4. The van der Waals surface area contributed by atoms with Crippen LogP contribution in [0.25, 0.3) is 0 Å². The number of phosphoric ester groups is 1. The van der Waals surface area contributed by atoms with Crippen LogP contribution in [-0.4, -0.2) is 117 Å². The van der Waals surface area contributed by atoms with Crippen molar-refractivity contribution in [3.05, 3.63) is 0 Å². The Balaban J connectivity index is 3.88. The number of ether oxygens (including phenoxy) is 5. The maximum atomic E-state index is 15.2. The summed E-state index contributed by atoms with van der Waals surface area (Å²) in [5, 5.41) is 29.3. The minimum atomic E-state index is -5.60. The van der Waals surface area contributed by atoms with Crippen LogP contribution in [0, 0.1) is 0 Å². The second-order valence-electron chi connectivity index (χ2n) is 33.5. The Bertz CT molecular complexity index is 2280. The van der Waals surface area contributed by atoms with Gasteiger partial charge in [-0.3, -0.25) is 33.3 Å². The van der Waals surface area contributed by atoms with Crippen molar-refractivity contribution in [3.63, 3.8) is 0 Å². The van der Waals surface area contributed by atoms with E-state index < -0.39 is 112 Å². The van der Waals surface area contributed by atoms with Gasteiger partial charge in [-0.1, -0.05) is 388 Å². The van der Waals surface area contributed by atoms with Crippen LogP contribution in [0.15, 0.2) is 0 Å². The van der Waals surface area contributed by atoms with Gasteiger partial charge in [0.2, 0.25) is 11.8 Å². The average molecular weight is 1610 g/mol. The van der Waals surface area contributed by atoms with Gasteiger partial charge in [0, 0.05) is 25.8 Å². The van der Waals surface area contributed by atoms with Crippen LogP contribution in [0.5, 0.6) is 0 Å². The zero-order valence-corrected chi connectivity index (χ0v) is 73.9. The van der Waals surface area contributed by atoms with Crippen molar-refractivity contribution in [2.45, 2.75) is 539 Å². The topological polar surface area (TPSA) is 280 Å². The minimum absolute atomic E-state index is 0.139. The van der Waals surface area contributed by atoms with Crippen molar-refractivity contribution in [3.8, 4) is 0 Å². The van der Waals surface area contributed by atoms with E-state index in [4.69, 9.17) is 28.2 Å². The van der Waals surface area contributed by atoms with E-state index in [1.165, 1.54) is 173 Å².